The number of aromatic nitrogens is 3. The molecular weight excluding hydrogens is 506 g/mol. The van der Waals surface area contributed by atoms with Crippen LogP contribution in [0.1, 0.15) is 37.3 Å². The maximum atomic E-state index is 12.3. The van der Waals surface area contributed by atoms with E-state index in [9.17, 15) is 4.79 Å². The van der Waals surface area contributed by atoms with Gasteiger partial charge in [0.1, 0.15) is 5.75 Å². The van der Waals surface area contributed by atoms with Crippen molar-refractivity contribution in [1.29, 1.82) is 0 Å². The molecule has 3 rings (SSSR count). The number of nitrogens with two attached hydrogens (primary N) is 1. The second kappa shape index (κ2) is 11.7. The number of nitrogens with one attached hydrogen (secondary N) is 2. The predicted molar refractivity (Wildman–Crippen MR) is 137 cm³/mol. The zero-order valence-electron chi connectivity index (χ0n) is 18.6. The molecule has 3 aromatic rings. The van der Waals surface area contributed by atoms with Gasteiger partial charge in [0.05, 0.1) is 19.1 Å². The minimum Gasteiger partial charge on any atom is -0.496 e. The number of carbonyl (C=O) groups excluding carboxylic acids is 1. The highest BCUT2D eigenvalue weighted by Crippen LogP contribution is 2.23. The number of thioether (sulfide) groups is 1. The van der Waals surface area contributed by atoms with Gasteiger partial charge < -0.3 is 15.9 Å². The second-order valence-electron chi connectivity index (χ2n) is 7.20. The smallest absolute Gasteiger partial charge is 0.264 e. The number of anilines is 2. The molecule has 2 aromatic carbocycles. The van der Waals surface area contributed by atoms with Crippen molar-refractivity contribution in [2.75, 3.05) is 29.4 Å². The number of ether oxygens (including phenoxy) is 1. The summed E-state index contributed by atoms with van der Waals surface area (Å²) in [5.74, 6) is 7.42. The molecule has 0 aliphatic carbocycles. The first-order valence-corrected chi connectivity index (χ1v) is 12.0. The first kappa shape index (κ1) is 24.6. The van der Waals surface area contributed by atoms with Crippen LogP contribution in [-0.2, 0) is 4.79 Å². The fraction of sp³-hybridized carbons (Fsp3) is 0.273. The summed E-state index contributed by atoms with van der Waals surface area (Å²) in [6.45, 7) is 4.33. The lowest BCUT2D eigenvalue weighted by atomic mass is 9.99. The minimum absolute atomic E-state index is 0.140. The molecule has 0 spiro atoms. The number of methoxy groups -OCH3 is 1. The number of benzene rings is 2. The molecule has 1 heterocycles. The van der Waals surface area contributed by atoms with Crippen molar-refractivity contribution in [3.8, 4) is 5.75 Å². The molecule has 0 saturated carbocycles. The van der Waals surface area contributed by atoms with Gasteiger partial charge in [-0.3, -0.25) is 4.79 Å². The molecule has 1 amide bonds. The number of rotatable bonds is 10. The van der Waals surface area contributed by atoms with Gasteiger partial charge in [-0.15, -0.1) is 10.2 Å². The Balaban J connectivity index is 1.53. The SMILES string of the molecule is CCC(C)c1ccc(NC(=O)CSc2nnc(N/N=C/c3cc(Br)ccc3OC)n2N)cc1. The van der Waals surface area contributed by atoms with E-state index >= 15 is 0 Å². The highest BCUT2D eigenvalue weighted by atomic mass is 79.9. The fourth-order valence-electron chi connectivity index (χ4n) is 2.88. The predicted octanol–water partition coefficient (Wildman–Crippen LogP) is 4.45. The van der Waals surface area contributed by atoms with E-state index in [2.05, 4.69) is 55.8 Å². The monoisotopic (exact) mass is 531 g/mol. The van der Waals surface area contributed by atoms with Crippen LogP contribution in [0.2, 0.25) is 0 Å². The number of halogens is 1. The van der Waals surface area contributed by atoms with Crippen LogP contribution in [0.3, 0.4) is 0 Å². The average molecular weight is 532 g/mol. The highest BCUT2D eigenvalue weighted by molar-refractivity contribution is 9.10. The van der Waals surface area contributed by atoms with Crippen molar-refractivity contribution in [3.05, 3.63) is 58.1 Å². The van der Waals surface area contributed by atoms with Gasteiger partial charge in [-0.2, -0.15) is 5.10 Å². The van der Waals surface area contributed by atoms with Gasteiger partial charge in [0.2, 0.25) is 11.1 Å². The van der Waals surface area contributed by atoms with E-state index in [1.54, 1.807) is 13.3 Å². The number of nitrogen functional groups attached to an aromatic ring is 1. The topological polar surface area (TPSA) is 119 Å². The molecule has 0 fully saturated rings. The maximum absolute atomic E-state index is 12.3. The molecule has 1 aromatic heterocycles. The Kier molecular flexibility index (Phi) is 8.72. The Morgan fingerprint density at radius 2 is 2.06 bits per heavy atom. The largest absolute Gasteiger partial charge is 0.496 e. The molecule has 0 saturated heterocycles. The third-order valence-corrected chi connectivity index (χ3v) is 6.37. The molecule has 1 unspecified atom stereocenters. The van der Waals surface area contributed by atoms with Crippen LogP contribution < -0.4 is 21.3 Å². The zero-order valence-corrected chi connectivity index (χ0v) is 21.0. The molecule has 0 radical (unpaired) electrons. The Labute approximate surface area is 205 Å². The number of hydrogen-bond acceptors (Lipinski definition) is 8. The molecule has 4 N–H and O–H groups in total. The van der Waals surface area contributed by atoms with Crippen LogP contribution >= 0.6 is 27.7 Å². The number of amides is 1. The summed E-state index contributed by atoms with van der Waals surface area (Å²) in [6.07, 6.45) is 2.66. The lowest BCUT2D eigenvalue weighted by molar-refractivity contribution is -0.113. The second-order valence-corrected chi connectivity index (χ2v) is 9.06. The zero-order chi connectivity index (χ0) is 23.8. The highest BCUT2D eigenvalue weighted by Gasteiger charge is 2.12. The minimum atomic E-state index is -0.159. The molecule has 0 bridgehead atoms. The quantitative estimate of drug-likeness (QED) is 0.153. The third-order valence-electron chi connectivity index (χ3n) is 4.93. The van der Waals surface area contributed by atoms with Crippen molar-refractivity contribution < 1.29 is 9.53 Å². The van der Waals surface area contributed by atoms with Crippen molar-refractivity contribution in [1.82, 2.24) is 14.9 Å². The molecule has 0 aliphatic rings. The number of carbonyl (C=O) groups is 1. The van der Waals surface area contributed by atoms with Gasteiger partial charge in [0.25, 0.3) is 5.95 Å². The molecule has 174 valence electrons. The van der Waals surface area contributed by atoms with Crippen molar-refractivity contribution in [3.63, 3.8) is 0 Å². The van der Waals surface area contributed by atoms with E-state index in [4.69, 9.17) is 10.6 Å². The molecule has 33 heavy (non-hydrogen) atoms. The summed E-state index contributed by atoms with van der Waals surface area (Å²) in [6, 6.07) is 13.5. The molecule has 9 nitrogen and oxygen atoms in total. The maximum Gasteiger partial charge on any atom is 0.264 e. The first-order valence-electron chi connectivity index (χ1n) is 10.3. The summed E-state index contributed by atoms with van der Waals surface area (Å²) >= 11 is 4.60. The van der Waals surface area contributed by atoms with E-state index in [1.165, 1.54) is 22.0 Å². The number of nitrogens with zero attached hydrogens (tertiary/aromatic N) is 4. The van der Waals surface area contributed by atoms with Crippen LogP contribution in [0.4, 0.5) is 11.6 Å². The molecule has 0 aliphatic heterocycles. The van der Waals surface area contributed by atoms with Crippen molar-refractivity contribution in [2.24, 2.45) is 5.10 Å². The van der Waals surface area contributed by atoms with Crippen LogP contribution in [0.15, 0.2) is 57.2 Å². The lowest BCUT2D eigenvalue weighted by Gasteiger charge is -2.10. The average Bonchev–Trinajstić information content (AvgIpc) is 3.17. The normalized spacial score (nSPS) is 12.0. The van der Waals surface area contributed by atoms with Gasteiger partial charge in [-0.1, -0.05) is 53.7 Å². The molecule has 11 heteroatoms. The summed E-state index contributed by atoms with van der Waals surface area (Å²) in [5, 5.41) is 15.4. The molecular formula is C22H26BrN7O2S. The third kappa shape index (κ3) is 6.72. The molecule has 1 atom stereocenters. The summed E-state index contributed by atoms with van der Waals surface area (Å²) in [7, 11) is 1.59. The lowest BCUT2D eigenvalue weighted by Crippen LogP contribution is -2.17. The van der Waals surface area contributed by atoms with Gasteiger partial charge in [0, 0.05) is 15.7 Å². The van der Waals surface area contributed by atoms with Crippen LogP contribution in [0.25, 0.3) is 0 Å². The summed E-state index contributed by atoms with van der Waals surface area (Å²) < 4.78 is 7.45. The Bertz CT molecular complexity index is 1120. The summed E-state index contributed by atoms with van der Waals surface area (Å²) in [5.41, 5.74) is 5.52. The van der Waals surface area contributed by atoms with Crippen LogP contribution in [-0.4, -0.2) is 39.9 Å². The van der Waals surface area contributed by atoms with Crippen molar-refractivity contribution >= 4 is 51.4 Å². The van der Waals surface area contributed by atoms with E-state index in [1.807, 2.05) is 42.5 Å². The van der Waals surface area contributed by atoms with E-state index in [0.717, 1.165) is 22.1 Å². The Hall–Kier alpha value is -3.05. The van der Waals surface area contributed by atoms with Gasteiger partial charge in [-0.05, 0) is 48.2 Å². The van der Waals surface area contributed by atoms with Crippen molar-refractivity contribution in [2.45, 2.75) is 31.3 Å². The van der Waals surface area contributed by atoms with Gasteiger partial charge in [0.15, 0.2) is 0 Å². The van der Waals surface area contributed by atoms with E-state index < -0.39 is 0 Å². The van der Waals surface area contributed by atoms with Crippen LogP contribution in [0, 0.1) is 0 Å². The number of hydrazone groups is 1. The first-order chi connectivity index (χ1) is 15.9. The summed E-state index contributed by atoms with van der Waals surface area (Å²) in [4.78, 5) is 12.3. The number of hydrogen-bond donors (Lipinski definition) is 3. The Morgan fingerprint density at radius 3 is 2.76 bits per heavy atom. The van der Waals surface area contributed by atoms with E-state index in [0.29, 0.717) is 16.8 Å². The standard InChI is InChI=1S/C22H26BrN7O2S/c1-4-14(2)15-5-8-18(9-6-15)26-20(31)13-33-22-29-28-21(30(22)24)27-25-12-16-11-17(23)7-10-19(16)32-3/h5-12,14H,4,13,24H2,1-3H3,(H,26,31)(H,27,28)/b25-12+. The Morgan fingerprint density at radius 1 is 1.30 bits per heavy atom. The fourth-order valence-corrected chi connectivity index (χ4v) is 3.91. The van der Waals surface area contributed by atoms with Gasteiger partial charge in [-0.25, -0.2) is 10.1 Å². The van der Waals surface area contributed by atoms with E-state index in [-0.39, 0.29) is 17.6 Å². The van der Waals surface area contributed by atoms with Gasteiger partial charge >= 0.3 is 0 Å². The van der Waals surface area contributed by atoms with Crippen LogP contribution in [0.5, 0.6) is 5.75 Å².